The Labute approximate surface area is 137 Å². The van der Waals surface area contributed by atoms with Crippen LogP contribution in [0.4, 0.5) is 0 Å². The van der Waals surface area contributed by atoms with Gasteiger partial charge in [-0.15, -0.1) is 0 Å². The van der Waals surface area contributed by atoms with Gasteiger partial charge in [0.25, 0.3) is 0 Å². The molecule has 1 nitrogen and oxygen atoms in total. The quantitative estimate of drug-likeness (QED) is 0.580. The smallest absolute Gasteiger partial charge is 0.0756 e. The molecule has 0 aromatic heterocycles. The Morgan fingerprint density at radius 1 is 0.727 bits per heavy atom. The highest BCUT2D eigenvalue weighted by atomic mass is 16.5. The first-order chi connectivity index (χ1) is 10.7. The van der Waals surface area contributed by atoms with Crippen LogP contribution in [-0.4, -0.2) is 12.7 Å². The van der Waals surface area contributed by atoms with Crippen LogP contribution < -0.4 is 0 Å². The van der Waals surface area contributed by atoms with E-state index in [0.717, 1.165) is 36.2 Å². The second kappa shape index (κ2) is 7.99. The van der Waals surface area contributed by atoms with Gasteiger partial charge in [0, 0.05) is 0 Å². The average Bonchev–Trinajstić information content (AvgIpc) is 2.56. The molecule has 0 heterocycles. The maximum atomic E-state index is 6.18. The van der Waals surface area contributed by atoms with E-state index in [0.29, 0.717) is 6.10 Å². The van der Waals surface area contributed by atoms with E-state index in [1.54, 1.807) is 0 Å². The SMILES string of the molecule is CC1C=CC(OCC2CCC(C3CCC(C)CC3)CC2)CC1. The van der Waals surface area contributed by atoms with Crippen molar-refractivity contribution in [2.24, 2.45) is 29.6 Å². The molecule has 3 rings (SSSR count). The number of hydrogen-bond donors (Lipinski definition) is 0. The van der Waals surface area contributed by atoms with Crippen molar-refractivity contribution in [3.05, 3.63) is 12.2 Å². The summed E-state index contributed by atoms with van der Waals surface area (Å²) in [6.07, 6.45) is 19.4. The van der Waals surface area contributed by atoms with Crippen molar-refractivity contribution in [2.45, 2.75) is 84.2 Å². The monoisotopic (exact) mass is 304 g/mol. The summed E-state index contributed by atoms with van der Waals surface area (Å²) in [7, 11) is 0. The van der Waals surface area contributed by atoms with Crippen molar-refractivity contribution in [2.75, 3.05) is 6.61 Å². The zero-order valence-electron chi connectivity index (χ0n) is 14.8. The molecule has 2 atom stereocenters. The van der Waals surface area contributed by atoms with Gasteiger partial charge >= 0.3 is 0 Å². The predicted molar refractivity (Wildman–Crippen MR) is 93.8 cm³/mol. The molecule has 2 saturated carbocycles. The molecule has 0 aromatic rings. The summed E-state index contributed by atoms with van der Waals surface area (Å²) in [5, 5.41) is 0. The van der Waals surface area contributed by atoms with Gasteiger partial charge in [0.05, 0.1) is 12.7 Å². The van der Waals surface area contributed by atoms with E-state index < -0.39 is 0 Å². The molecular formula is C21H36O. The Balaban J connectivity index is 1.34. The third-order valence-corrected chi connectivity index (χ3v) is 6.73. The second-order valence-electron chi connectivity index (χ2n) is 8.61. The van der Waals surface area contributed by atoms with Gasteiger partial charge in [0.1, 0.15) is 0 Å². The van der Waals surface area contributed by atoms with Gasteiger partial charge in [0.2, 0.25) is 0 Å². The molecule has 3 aliphatic carbocycles. The highest BCUT2D eigenvalue weighted by Gasteiger charge is 2.30. The third-order valence-electron chi connectivity index (χ3n) is 6.73. The Bertz CT molecular complexity index is 345. The Morgan fingerprint density at radius 3 is 1.95 bits per heavy atom. The van der Waals surface area contributed by atoms with Crippen LogP contribution in [0.15, 0.2) is 12.2 Å². The largest absolute Gasteiger partial charge is 0.374 e. The van der Waals surface area contributed by atoms with E-state index in [9.17, 15) is 0 Å². The van der Waals surface area contributed by atoms with E-state index in [1.807, 2.05) is 0 Å². The highest BCUT2D eigenvalue weighted by molar-refractivity contribution is 4.97. The van der Waals surface area contributed by atoms with Crippen molar-refractivity contribution in [3.63, 3.8) is 0 Å². The van der Waals surface area contributed by atoms with Gasteiger partial charge in [-0.3, -0.25) is 0 Å². The minimum atomic E-state index is 0.411. The molecule has 0 N–H and O–H groups in total. The molecule has 22 heavy (non-hydrogen) atoms. The van der Waals surface area contributed by atoms with E-state index in [2.05, 4.69) is 26.0 Å². The van der Waals surface area contributed by atoms with Crippen LogP contribution in [0.1, 0.15) is 78.1 Å². The van der Waals surface area contributed by atoms with E-state index in [4.69, 9.17) is 4.74 Å². The minimum absolute atomic E-state index is 0.411. The number of ether oxygens (including phenoxy) is 1. The van der Waals surface area contributed by atoms with Gasteiger partial charge in [-0.1, -0.05) is 38.8 Å². The van der Waals surface area contributed by atoms with Gasteiger partial charge in [-0.25, -0.2) is 0 Å². The fourth-order valence-electron chi connectivity index (χ4n) is 4.92. The molecule has 0 amide bonds. The topological polar surface area (TPSA) is 9.23 Å². The third kappa shape index (κ3) is 4.60. The van der Waals surface area contributed by atoms with Crippen LogP contribution >= 0.6 is 0 Å². The van der Waals surface area contributed by atoms with Crippen molar-refractivity contribution in [1.29, 1.82) is 0 Å². The molecule has 1 heteroatoms. The molecule has 0 saturated heterocycles. The fraction of sp³-hybridized carbons (Fsp3) is 0.905. The molecule has 2 fully saturated rings. The fourth-order valence-corrected chi connectivity index (χ4v) is 4.92. The van der Waals surface area contributed by atoms with E-state index in [-0.39, 0.29) is 0 Å². The average molecular weight is 305 g/mol. The van der Waals surface area contributed by atoms with Crippen LogP contribution in [0.3, 0.4) is 0 Å². The zero-order chi connectivity index (χ0) is 15.4. The van der Waals surface area contributed by atoms with Gasteiger partial charge in [-0.2, -0.15) is 0 Å². The maximum absolute atomic E-state index is 6.18. The van der Waals surface area contributed by atoms with Crippen molar-refractivity contribution in [3.8, 4) is 0 Å². The molecule has 2 unspecified atom stereocenters. The normalized spacial score (nSPS) is 43.2. The Morgan fingerprint density at radius 2 is 1.36 bits per heavy atom. The lowest BCUT2D eigenvalue weighted by Crippen LogP contribution is -2.27. The molecule has 0 bridgehead atoms. The van der Waals surface area contributed by atoms with Crippen LogP contribution in [0.25, 0.3) is 0 Å². The second-order valence-corrected chi connectivity index (χ2v) is 8.61. The van der Waals surface area contributed by atoms with Gasteiger partial charge in [-0.05, 0) is 81.0 Å². The summed E-state index contributed by atoms with van der Waals surface area (Å²) in [6.45, 7) is 5.75. The lowest BCUT2D eigenvalue weighted by Gasteiger charge is -2.37. The lowest BCUT2D eigenvalue weighted by atomic mass is 9.69. The van der Waals surface area contributed by atoms with Crippen LogP contribution in [0, 0.1) is 29.6 Å². The summed E-state index contributed by atoms with van der Waals surface area (Å²) in [4.78, 5) is 0. The molecule has 0 spiro atoms. The van der Waals surface area contributed by atoms with Gasteiger partial charge in [0.15, 0.2) is 0 Å². The van der Waals surface area contributed by atoms with Crippen LogP contribution in [-0.2, 0) is 4.74 Å². The summed E-state index contributed by atoms with van der Waals surface area (Å²) >= 11 is 0. The summed E-state index contributed by atoms with van der Waals surface area (Å²) in [5.41, 5.74) is 0. The minimum Gasteiger partial charge on any atom is -0.374 e. The summed E-state index contributed by atoms with van der Waals surface area (Å²) < 4.78 is 6.18. The summed E-state index contributed by atoms with van der Waals surface area (Å²) in [5.74, 6) is 4.69. The van der Waals surface area contributed by atoms with E-state index >= 15 is 0 Å². The number of rotatable bonds is 4. The number of allylic oxidation sites excluding steroid dienone is 1. The lowest BCUT2D eigenvalue weighted by molar-refractivity contribution is 0.0267. The standard InChI is InChI=1S/C21H36O/c1-16-3-9-19(10-4-16)20-11-7-18(8-12-20)15-22-21-13-5-17(2)6-14-21/h5,13,16-21H,3-4,6-12,14-15H2,1-2H3. The molecule has 0 aromatic carbocycles. The first-order valence-corrected chi connectivity index (χ1v) is 10.0. The first-order valence-electron chi connectivity index (χ1n) is 10.0. The van der Waals surface area contributed by atoms with Crippen molar-refractivity contribution < 1.29 is 4.74 Å². The Hall–Kier alpha value is -0.300. The maximum Gasteiger partial charge on any atom is 0.0756 e. The molecule has 3 aliphatic rings. The van der Waals surface area contributed by atoms with Crippen molar-refractivity contribution >= 4 is 0 Å². The van der Waals surface area contributed by atoms with E-state index in [1.165, 1.54) is 64.2 Å². The predicted octanol–water partition coefficient (Wildman–Crippen LogP) is 5.99. The van der Waals surface area contributed by atoms with Crippen molar-refractivity contribution in [1.82, 2.24) is 0 Å². The number of hydrogen-bond acceptors (Lipinski definition) is 1. The zero-order valence-corrected chi connectivity index (χ0v) is 14.8. The Kier molecular flexibility index (Phi) is 6.02. The highest BCUT2D eigenvalue weighted by Crippen LogP contribution is 2.41. The van der Waals surface area contributed by atoms with Crippen LogP contribution in [0.5, 0.6) is 0 Å². The molecule has 0 aliphatic heterocycles. The van der Waals surface area contributed by atoms with Gasteiger partial charge < -0.3 is 4.74 Å². The molecular weight excluding hydrogens is 268 g/mol. The molecule has 126 valence electrons. The van der Waals surface area contributed by atoms with Crippen LogP contribution in [0.2, 0.25) is 0 Å². The first kappa shape index (κ1) is 16.6. The summed E-state index contributed by atoms with van der Waals surface area (Å²) in [6, 6.07) is 0. The molecule has 0 radical (unpaired) electrons.